The number of nitrogens with zero attached hydrogens (tertiary/aromatic N) is 2. The first-order valence-corrected chi connectivity index (χ1v) is 9.37. The zero-order valence-electron chi connectivity index (χ0n) is 16.4. The molecule has 0 saturated carbocycles. The van der Waals surface area contributed by atoms with Crippen LogP contribution in [0.25, 0.3) is 0 Å². The minimum absolute atomic E-state index is 0. The van der Waals surface area contributed by atoms with Crippen LogP contribution in [0.4, 0.5) is 13.2 Å². The Morgan fingerprint density at radius 1 is 1.34 bits per heavy atom. The molecule has 1 aliphatic heterocycles. The predicted octanol–water partition coefficient (Wildman–Crippen LogP) is 3.30. The number of hydrogen-bond acceptors (Lipinski definition) is 3. The van der Waals surface area contributed by atoms with Gasteiger partial charge in [0.25, 0.3) is 0 Å². The summed E-state index contributed by atoms with van der Waals surface area (Å²) in [6.07, 6.45) is -2.05. The van der Waals surface area contributed by atoms with E-state index in [1.54, 1.807) is 12.1 Å². The Bertz CT molecular complexity index is 668. The molecule has 1 saturated heterocycles. The maximum atomic E-state index is 12.2. The van der Waals surface area contributed by atoms with Crippen LogP contribution < -0.4 is 15.8 Å². The number of carbonyl (C=O) groups is 1. The van der Waals surface area contributed by atoms with E-state index in [1.807, 2.05) is 6.92 Å². The van der Waals surface area contributed by atoms with Crippen molar-refractivity contribution in [1.29, 1.82) is 0 Å². The first-order chi connectivity index (χ1) is 13.3. The fraction of sp³-hybridized carbons (Fsp3) is 0.579. The molecule has 1 atom stereocenters. The number of rotatable bonds is 7. The highest BCUT2D eigenvalue weighted by atomic mass is 127. The fourth-order valence-electron chi connectivity index (χ4n) is 3.16. The highest BCUT2D eigenvalue weighted by Gasteiger charge is 2.28. The lowest BCUT2D eigenvalue weighted by Crippen LogP contribution is -2.47. The van der Waals surface area contributed by atoms with Crippen molar-refractivity contribution in [2.24, 2.45) is 16.6 Å². The number of primary amides is 1. The summed E-state index contributed by atoms with van der Waals surface area (Å²) >= 11 is 0. The molecule has 3 N–H and O–H groups in total. The average molecular weight is 528 g/mol. The highest BCUT2D eigenvalue weighted by Crippen LogP contribution is 2.21. The highest BCUT2D eigenvalue weighted by molar-refractivity contribution is 14.0. The van der Waals surface area contributed by atoms with Gasteiger partial charge in [0.2, 0.25) is 5.91 Å². The maximum Gasteiger partial charge on any atom is 0.422 e. The van der Waals surface area contributed by atoms with Crippen LogP contribution in [-0.2, 0) is 11.3 Å². The van der Waals surface area contributed by atoms with E-state index in [1.165, 1.54) is 12.1 Å². The Balaban J connectivity index is 0.00000420. The summed E-state index contributed by atoms with van der Waals surface area (Å²) in [5, 5.41) is 3.25. The van der Waals surface area contributed by atoms with Crippen LogP contribution in [0, 0.1) is 5.92 Å². The van der Waals surface area contributed by atoms with Gasteiger partial charge in [-0.2, -0.15) is 13.2 Å². The van der Waals surface area contributed by atoms with E-state index < -0.39 is 12.8 Å². The average Bonchev–Trinajstić information content (AvgIpc) is 2.63. The van der Waals surface area contributed by atoms with Crippen molar-refractivity contribution in [3.05, 3.63) is 29.8 Å². The van der Waals surface area contributed by atoms with Crippen LogP contribution in [0.2, 0.25) is 0 Å². The Hall–Kier alpha value is -1.72. The third kappa shape index (κ3) is 9.55. The number of piperidine rings is 1. The SMILES string of the molecule is CCNC(=NCc1ccc(OCC(F)(F)F)cc1)N1CCCC(CC(N)=O)C1.I. The number of guanidine groups is 1. The molecular weight excluding hydrogens is 500 g/mol. The lowest BCUT2D eigenvalue weighted by molar-refractivity contribution is -0.153. The third-order valence-electron chi connectivity index (χ3n) is 4.38. The van der Waals surface area contributed by atoms with Crippen molar-refractivity contribution in [1.82, 2.24) is 10.2 Å². The number of carbonyl (C=O) groups excluding carboxylic acids is 1. The van der Waals surface area contributed by atoms with Gasteiger partial charge < -0.3 is 20.7 Å². The molecule has 164 valence electrons. The summed E-state index contributed by atoms with van der Waals surface area (Å²) in [7, 11) is 0. The number of alkyl halides is 3. The summed E-state index contributed by atoms with van der Waals surface area (Å²) in [5.74, 6) is 0.859. The lowest BCUT2D eigenvalue weighted by atomic mass is 9.95. The second-order valence-corrected chi connectivity index (χ2v) is 6.84. The van der Waals surface area contributed by atoms with Crippen LogP contribution >= 0.6 is 24.0 Å². The molecular formula is C19H28F3IN4O2. The maximum absolute atomic E-state index is 12.2. The number of nitrogens with two attached hydrogens (primary N) is 1. The number of benzene rings is 1. The normalized spacial score (nSPS) is 17.4. The van der Waals surface area contributed by atoms with Crippen molar-refractivity contribution >= 4 is 35.8 Å². The molecule has 0 spiro atoms. The monoisotopic (exact) mass is 528 g/mol. The molecule has 29 heavy (non-hydrogen) atoms. The fourth-order valence-corrected chi connectivity index (χ4v) is 3.16. The van der Waals surface area contributed by atoms with E-state index in [0.29, 0.717) is 19.5 Å². The lowest BCUT2D eigenvalue weighted by Gasteiger charge is -2.34. The van der Waals surface area contributed by atoms with Gasteiger partial charge in [-0.15, -0.1) is 24.0 Å². The number of hydrogen-bond donors (Lipinski definition) is 2. The van der Waals surface area contributed by atoms with Gasteiger partial charge >= 0.3 is 6.18 Å². The predicted molar refractivity (Wildman–Crippen MR) is 116 cm³/mol. The van der Waals surface area contributed by atoms with Gasteiger partial charge in [0, 0.05) is 26.1 Å². The molecule has 0 aliphatic carbocycles. The number of halogens is 4. The number of aliphatic imine (C=N–C) groups is 1. The standard InChI is InChI=1S/C19H27F3N4O2.HI/c1-2-24-18(26-9-3-4-15(12-26)10-17(23)27)25-11-14-5-7-16(8-6-14)28-13-19(20,21)22;/h5-8,15H,2-4,9-13H2,1H3,(H2,23,27)(H,24,25);1H. The molecule has 6 nitrogen and oxygen atoms in total. The summed E-state index contributed by atoms with van der Waals surface area (Å²) < 4.78 is 41.3. The zero-order chi connectivity index (χ0) is 20.6. The summed E-state index contributed by atoms with van der Waals surface area (Å²) in [6, 6.07) is 6.41. The van der Waals surface area contributed by atoms with Gasteiger partial charge in [-0.25, -0.2) is 4.99 Å². The quantitative estimate of drug-likeness (QED) is 0.324. The Labute approximate surface area is 186 Å². The topological polar surface area (TPSA) is 80.0 Å². The molecule has 2 rings (SSSR count). The van der Waals surface area contributed by atoms with Gasteiger partial charge in [0.15, 0.2) is 12.6 Å². The molecule has 1 amide bonds. The smallest absolute Gasteiger partial charge is 0.422 e. The summed E-state index contributed by atoms with van der Waals surface area (Å²) in [6.45, 7) is 3.34. The van der Waals surface area contributed by atoms with E-state index in [-0.39, 0.29) is 41.6 Å². The van der Waals surface area contributed by atoms with Crippen LogP contribution in [0.3, 0.4) is 0 Å². The van der Waals surface area contributed by atoms with E-state index in [0.717, 1.165) is 37.5 Å². The van der Waals surface area contributed by atoms with Crippen molar-refractivity contribution in [3.63, 3.8) is 0 Å². The minimum Gasteiger partial charge on any atom is -0.484 e. The first kappa shape index (κ1) is 25.3. The molecule has 1 aromatic rings. The molecule has 1 aliphatic rings. The summed E-state index contributed by atoms with van der Waals surface area (Å²) in [4.78, 5) is 18.0. The van der Waals surface area contributed by atoms with Crippen molar-refractivity contribution < 1.29 is 22.7 Å². The first-order valence-electron chi connectivity index (χ1n) is 9.37. The second kappa shape index (κ2) is 12.1. The van der Waals surface area contributed by atoms with Crippen LogP contribution in [-0.4, -0.2) is 49.2 Å². The third-order valence-corrected chi connectivity index (χ3v) is 4.38. The molecule has 0 radical (unpaired) electrons. The van der Waals surface area contributed by atoms with Gasteiger partial charge in [-0.1, -0.05) is 12.1 Å². The molecule has 1 aromatic carbocycles. The van der Waals surface area contributed by atoms with Gasteiger partial charge in [-0.3, -0.25) is 4.79 Å². The largest absolute Gasteiger partial charge is 0.484 e. The molecule has 1 fully saturated rings. The second-order valence-electron chi connectivity index (χ2n) is 6.84. The van der Waals surface area contributed by atoms with E-state index in [2.05, 4.69) is 15.2 Å². The number of nitrogens with one attached hydrogen (secondary N) is 1. The van der Waals surface area contributed by atoms with Gasteiger partial charge in [-0.05, 0) is 43.4 Å². The van der Waals surface area contributed by atoms with Gasteiger partial charge in [0.05, 0.1) is 6.54 Å². The number of likely N-dealkylation sites (tertiary alicyclic amines) is 1. The molecule has 10 heteroatoms. The van der Waals surface area contributed by atoms with E-state index >= 15 is 0 Å². The Morgan fingerprint density at radius 2 is 2.03 bits per heavy atom. The van der Waals surface area contributed by atoms with Crippen LogP contribution in [0.1, 0.15) is 31.7 Å². The van der Waals surface area contributed by atoms with Crippen LogP contribution in [0.15, 0.2) is 29.3 Å². The minimum atomic E-state index is -4.36. The Kier molecular flexibility index (Phi) is 10.5. The Morgan fingerprint density at radius 3 is 2.62 bits per heavy atom. The van der Waals surface area contributed by atoms with Crippen molar-refractivity contribution in [2.45, 2.75) is 38.9 Å². The van der Waals surface area contributed by atoms with E-state index in [9.17, 15) is 18.0 Å². The summed E-state index contributed by atoms with van der Waals surface area (Å²) in [5.41, 5.74) is 6.18. The molecule has 1 unspecified atom stereocenters. The molecule has 0 bridgehead atoms. The van der Waals surface area contributed by atoms with Crippen molar-refractivity contribution in [2.75, 3.05) is 26.2 Å². The zero-order valence-corrected chi connectivity index (χ0v) is 18.7. The van der Waals surface area contributed by atoms with Crippen molar-refractivity contribution in [3.8, 4) is 5.75 Å². The number of ether oxygens (including phenoxy) is 1. The van der Waals surface area contributed by atoms with Crippen LogP contribution in [0.5, 0.6) is 5.75 Å². The molecule has 0 aromatic heterocycles. The van der Waals surface area contributed by atoms with Gasteiger partial charge in [0.1, 0.15) is 5.75 Å². The van der Waals surface area contributed by atoms with E-state index in [4.69, 9.17) is 10.5 Å². The molecule has 1 heterocycles. The number of amides is 1.